The van der Waals surface area contributed by atoms with Crippen molar-refractivity contribution in [3.63, 3.8) is 0 Å². The maximum absolute atomic E-state index is 10.7. The van der Waals surface area contributed by atoms with E-state index in [4.69, 9.17) is 0 Å². The van der Waals surface area contributed by atoms with Crippen LogP contribution in [0.3, 0.4) is 0 Å². The Balaban J connectivity index is 3.46. The molecule has 0 spiro atoms. The summed E-state index contributed by atoms with van der Waals surface area (Å²) >= 11 is 1.37. The van der Waals surface area contributed by atoms with Crippen molar-refractivity contribution in [1.29, 1.82) is 0 Å². The van der Waals surface area contributed by atoms with E-state index in [1.165, 1.54) is 17.8 Å². The third-order valence-electron chi connectivity index (χ3n) is 1.18. The molecule has 0 radical (unpaired) electrons. The fourth-order valence-electron chi connectivity index (χ4n) is 0.712. The molecule has 0 rings (SSSR count). The third kappa shape index (κ3) is 4.62. The Morgan fingerprint density at radius 1 is 1.80 bits per heavy atom. The second kappa shape index (κ2) is 5.54. The van der Waals surface area contributed by atoms with Crippen molar-refractivity contribution >= 4 is 16.9 Å². The van der Waals surface area contributed by atoms with E-state index in [2.05, 4.69) is 20.4 Å². The topological polar surface area (TPSA) is 17.1 Å². The van der Waals surface area contributed by atoms with Crippen LogP contribution in [-0.4, -0.2) is 10.4 Å². The van der Waals surface area contributed by atoms with Gasteiger partial charge in [0.25, 0.3) is 0 Å². The molecule has 0 heterocycles. The Kier molecular flexibility index (Phi) is 5.40. The molecular weight excluding hydrogens is 144 g/mol. The molecule has 0 aliphatic heterocycles. The molecule has 1 unspecified atom stereocenters. The lowest BCUT2D eigenvalue weighted by molar-refractivity contribution is -0.107. The fraction of sp³-hybridized carbons (Fsp3) is 0.625. The van der Waals surface area contributed by atoms with Crippen molar-refractivity contribution in [1.82, 2.24) is 0 Å². The Morgan fingerprint density at radius 3 is 2.80 bits per heavy atom. The zero-order chi connectivity index (χ0) is 7.98. The molecule has 0 aromatic rings. The molecule has 10 heavy (non-hydrogen) atoms. The number of thioether (sulfide) groups is 1. The first-order valence-electron chi connectivity index (χ1n) is 3.53. The summed E-state index contributed by atoms with van der Waals surface area (Å²) in [6, 6.07) is 0. The second-order valence-corrected chi connectivity index (χ2v) is 3.68. The van der Waals surface area contributed by atoms with Crippen molar-refractivity contribution in [3.8, 4) is 0 Å². The lowest BCUT2D eigenvalue weighted by atomic mass is 10.3. The summed E-state index contributed by atoms with van der Waals surface area (Å²) in [6.07, 6.45) is 3.61. The first-order chi connectivity index (χ1) is 4.70. The zero-order valence-corrected chi connectivity index (χ0v) is 7.41. The van der Waals surface area contributed by atoms with Crippen molar-refractivity contribution in [2.24, 2.45) is 0 Å². The minimum absolute atomic E-state index is 0.0842. The quantitative estimate of drug-likeness (QED) is 0.585. The van der Waals surface area contributed by atoms with E-state index in [9.17, 15) is 4.79 Å². The lowest BCUT2D eigenvalue weighted by Crippen LogP contribution is -1.98. The first-order valence-corrected chi connectivity index (χ1v) is 4.41. The minimum Gasteiger partial charge on any atom is -0.282 e. The molecule has 58 valence electrons. The van der Waals surface area contributed by atoms with E-state index in [-0.39, 0.29) is 5.12 Å². The van der Waals surface area contributed by atoms with Crippen LogP contribution in [0.4, 0.5) is 0 Å². The number of hydrogen-bond acceptors (Lipinski definition) is 2. The van der Waals surface area contributed by atoms with Crippen LogP contribution in [0.5, 0.6) is 0 Å². The molecule has 0 aliphatic rings. The molecule has 0 bridgehead atoms. The van der Waals surface area contributed by atoms with Gasteiger partial charge in [-0.25, -0.2) is 0 Å². The van der Waals surface area contributed by atoms with Gasteiger partial charge in [0.1, 0.15) is 0 Å². The smallest absolute Gasteiger partial charge is 0.211 e. The normalized spacial score (nSPS) is 12.6. The van der Waals surface area contributed by atoms with Crippen molar-refractivity contribution in [2.45, 2.75) is 31.9 Å². The standard InChI is InChI=1S/C8H14OS/c1-4-6-7(3)10-8(9)5-2/h5,7H,2,4,6H2,1,3H3. The van der Waals surface area contributed by atoms with Gasteiger partial charge in [-0.05, 0) is 12.5 Å². The Hall–Kier alpha value is -0.240. The Morgan fingerprint density at radius 2 is 2.40 bits per heavy atom. The maximum atomic E-state index is 10.7. The van der Waals surface area contributed by atoms with Gasteiger partial charge in [-0.2, -0.15) is 0 Å². The van der Waals surface area contributed by atoms with E-state index in [0.717, 1.165) is 12.8 Å². The second-order valence-electron chi connectivity index (χ2n) is 2.24. The van der Waals surface area contributed by atoms with Gasteiger partial charge in [-0.3, -0.25) is 4.79 Å². The van der Waals surface area contributed by atoms with Gasteiger partial charge in [-0.15, -0.1) is 0 Å². The van der Waals surface area contributed by atoms with E-state index in [0.29, 0.717) is 5.25 Å². The van der Waals surface area contributed by atoms with Crippen LogP contribution in [-0.2, 0) is 4.79 Å². The van der Waals surface area contributed by atoms with Crippen LogP contribution in [0.1, 0.15) is 26.7 Å². The highest BCUT2D eigenvalue weighted by atomic mass is 32.2. The highest BCUT2D eigenvalue weighted by molar-refractivity contribution is 8.14. The van der Waals surface area contributed by atoms with Crippen LogP contribution >= 0.6 is 11.8 Å². The number of rotatable bonds is 4. The van der Waals surface area contributed by atoms with Crippen LogP contribution < -0.4 is 0 Å². The van der Waals surface area contributed by atoms with Crippen molar-refractivity contribution in [2.75, 3.05) is 0 Å². The van der Waals surface area contributed by atoms with Crippen molar-refractivity contribution in [3.05, 3.63) is 12.7 Å². The summed E-state index contributed by atoms with van der Waals surface area (Å²) in [5.74, 6) is 0. The molecule has 1 atom stereocenters. The first kappa shape index (κ1) is 9.76. The average Bonchev–Trinajstić information content (AvgIpc) is 1.88. The van der Waals surface area contributed by atoms with Gasteiger partial charge in [-0.1, -0.05) is 38.6 Å². The molecule has 0 aliphatic carbocycles. The molecule has 0 aromatic carbocycles. The highest BCUT2D eigenvalue weighted by Crippen LogP contribution is 2.16. The summed E-state index contributed by atoms with van der Waals surface area (Å²) in [6.45, 7) is 7.59. The van der Waals surface area contributed by atoms with E-state index in [1.54, 1.807) is 0 Å². The molecule has 0 amide bonds. The lowest BCUT2D eigenvalue weighted by Gasteiger charge is -2.04. The molecule has 1 nitrogen and oxygen atoms in total. The van der Waals surface area contributed by atoms with Gasteiger partial charge in [0, 0.05) is 5.25 Å². The number of carbonyl (C=O) groups excluding carboxylic acids is 1. The summed E-state index contributed by atoms with van der Waals surface area (Å²) in [4.78, 5) is 10.7. The van der Waals surface area contributed by atoms with Gasteiger partial charge < -0.3 is 0 Å². The molecular formula is C8H14OS. The summed E-state index contributed by atoms with van der Waals surface area (Å²) in [5, 5.41) is 0.524. The van der Waals surface area contributed by atoms with Crippen LogP contribution in [0.25, 0.3) is 0 Å². The van der Waals surface area contributed by atoms with Gasteiger partial charge >= 0.3 is 0 Å². The summed E-state index contributed by atoms with van der Waals surface area (Å²) in [7, 11) is 0. The van der Waals surface area contributed by atoms with E-state index >= 15 is 0 Å². The van der Waals surface area contributed by atoms with Gasteiger partial charge in [0.2, 0.25) is 5.12 Å². The molecule has 0 N–H and O–H groups in total. The number of carbonyl (C=O) groups is 1. The third-order valence-corrected chi connectivity index (χ3v) is 2.22. The van der Waals surface area contributed by atoms with E-state index in [1.807, 2.05) is 0 Å². The molecule has 2 heteroatoms. The summed E-state index contributed by atoms with van der Waals surface area (Å²) in [5.41, 5.74) is 0. The minimum atomic E-state index is 0.0842. The largest absolute Gasteiger partial charge is 0.282 e. The van der Waals surface area contributed by atoms with Gasteiger partial charge in [0.05, 0.1) is 0 Å². The predicted molar refractivity (Wildman–Crippen MR) is 47.2 cm³/mol. The maximum Gasteiger partial charge on any atom is 0.211 e. The van der Waals surface area contributed by atoms with Crippen molar-refractivity contribution < 1.29 is 4.79 Å². The zero-order valence-electron chi connectivity index (χ0n) is 6.59. The van der Waals surface area contributed by atoms with Crippen LogP contribution in [0, 0.1) is 0 Å². The van der Waals surface area contributed by atoms with Gasteiger partial charge in [0.15, 0.2) is 0 Å². The molecule has 0 aromatic heterocycles. The van der Waals surface area contributed by atoms with Crippen LogP contribution in [0.15, 0.2) is 12.7 Å². The van der Waals surface area contributed by atoms with E-state index < -0.39 is 0 Å². The average molecular weight is 158 g/mol. The Labute approximate surface area is 66.9 Å². The van der Waals surface area contributed by atoms with Crippen LogP contribution in [0.2, 0.25) is 0 Å². The highest BCUT2D eigenvalue weighted by Gasteiger charge is 2.04. The Bertz CT molecular complexity index is 120. The molecule has 0 saturated heterocycles. The SMILES string of the molecule is C=CC(=O)SC(C)CCC. The monoisotopic (exact) mass is 158 g/mol. The predicted octanol–water partition coefficient (Wildman–Crippen LogP) is 2.62. The molecule has 0 saturated carbocycles. The summed E-state index contributed by atoms with van der Waals surface area (Å²) < 4.78 is 0. The molecule has 0 fully saturated rings. The fourth-order valence-corrected chi connectivity index (χ4v) is 1.56. The number of hydrogen-bond donors (Lipinski definition) is 0.